The van der Waals surface area contributed by atoms with E-state index in [1.54, 1.807) is 0 Å². The van der Waals surface area contributed by atoms with Crippen molar-refractivity contribution in [1.29, 1.82) is 0 Å². The van der Waals surface area contributed by atoms with Crippen LogP contribution in [0.25, 0.3) is 0 Å². The lowest BCUT2D eigenvalue weighted by molar-refractivity contribution is -0.122. The van der Waals surface area contributed by atoms with Gasteiger partial charge in [-0.2, -0.15) is 0 Å². The van der Waals surface area contributed by atoms with Gasteiger partial charge >= 0.3 is 0 Å². The fourth-order valence-corrected chi connectivity index (χ4v) is 3.19. The zero-order valence-corrected chi connectivity index (χ0v) is 14.0. The molecule has 1 saturated heterocycles. The van der Waals surface area contributed by atoms with Gasteiger partial charge in [-0.1, -0.05) is 37.1 Å². The smallest absolute Gasteiger partial charge is 0.236 e. The summed E-state index contributed by atoms with van der Waals surface area (Å²) in [5.74, 6) is -0.0620. The van der Waals surface area contributed by atoms with Crippen molar-refractivity contribution in [3.05, 3.63) is 34.9 Å². The number of amides is 1. The monoisotopic (exact) mass is 323 g/mol. The molecule has 0 aliphatic carbocycles. The van der Waals surface area contributed by atoms with Gasteiger partial charge in [0, 0.05) is 11.6 Å². The first-order valence-electron chi connectivity index (χ1n) is 8.14. The maximum absolute atomic E-state index is 12.1. The van der Waals surface area contributed by atoms with Crippen LogP contribution in [0.4, 0.5) is 0 Å². The van der Waals surface area contributed by atoms with Crippen LogP contribution in [0.1, 0.15) is 44.2 Å². The van der Waals surface area contributed by atoms with E-state index >= 15 is 0 Å². The van der Waals surface area contributed by atoms with Gasteiger partial charge in [0.05, 0.1) is 12.1 Å². The maximum Gasteiger partial charge on any atom is 0.236 e. The highest BCUT2D eigenvalue weighted by molar-refractivity contribution is 6.30. The number of halogens is 1. The summed E-state index contributed by atoms with van der Waals surface area (Å²) in [7, 11) is 0. The number of nitrogens with one attached hydrogen (secondary N) is 1. The number of benzene rings is 1. The number of nitrogens with zero attached hydrogens (tertiary/aromatic N) is 1. The van der Waals surface area contributed by atoms with Crippen molar-refractivity contribution in [1.82, 2.24) is 10.2 Å². The minimum atomic E-state index is -0.413. The summed E-state index contributed by atoms with van der Waals surface area (Å²) in [5, 5.41) is 3.75. The van der Waals surface area contributed by atoms with Crippen molar-refractivity contribution in [2.24, 2.45) is 5.73 Å². The van der Waals surface area contributed by atoms with Gasteiger partial charge in [-0.3, -0.25) is 9.69 Å². The third-order valence-electron chi connectivity index (χ3n) is 4.22. The minimum absolute atomic E-state index is 0.0620. The van der Waals surface area contributed by atoms with E-state index in [-0.39, 0.29) is 11.9 Å². The van der Waals surface area contributed by atoms with Gasteiger partial charge in [-0.05, 0) is 50.0 Å². The fourth-order valence-electron chi connectivity index (χ4n) is 3.00. The molecular weight excluding hydrogens is 298 g/mol. The Kier molecular flexibility index (Phi) is 6.68. The summed E-state index contributed by atoms with van der Waals surface area (Å²) in [4.78, 5) is 14.5. The van der Waals surface area contributed by atoms with E-state index in [9.17, 15) is 4.79 Å². The molecule has 1 aromatic carbocycles. The number of hydrogen-bond acceptors (Lipinski definition) is 3. The van der Waals surface area contributed by atoms with Gasteiger partial charge in [-0.25, -0.2) is 0 Å². The summed E-state index contributed by atoms with van der Waals surface area (Å²) < 4.78 is 0. The van der Waals surface area contributed by atoms with Crippen LogP contribution in [-0.2, 0) is 4.79 Å². The Bertz CT molecular complexity index is 489. The lowest BCUT2D eigenvalue weighted by Gasteiger charge is -2.28. The third-order valence-corrected chi connectivity index (χ3v) is 4.46. The highest BCUT2D eigenvalue weighted by Crippen LogP contribution is 2.26. The lowest BCUT2D eigenvalue weighted by Crippen LogP contribution is -2.44. The van der Waals surface area contributed by atoms with E-state index in [1.807, 2.05) is 25.1 Å². The summed E-state index contributed by atoms with van der Waals surface area (Å²) in [6.45, 7) is 4.74. The summed E-state index contributed by atoms with van der Waals surface area (Å²) in [6, 6.07) is 7.66. The van der Waals surface area contributed by atoms with Gasteiger partial charge in [0.15, 0.2) is 0 Å². The van der Waals surface area contributed by atoms with Crippen molar-refractivity contribution < 1.29 is 4.79 Å². The van der Waals surface area contributed by atoms with E-state index in [2.05, 4.69) is 16.3 Å². The SMILES string of the molecule is CCCC(N)C(=O)NCC(c1cccc(Cl)c1)N1CCCC1. The van der Waals surface area contributed by atoms with Crippen molar-refractivity contribution in [3.8, 4) is 0 Å². The average molecular weight is 324 g/mol. The molecule has 1 aromatic rings. The molecule has 1 aliphatic heterocycles. The molecule has 0 spiro atoms. The Morgan fingerprint density at radius 2 is 2.14 bits per heavy atom. The molecule has 1 heterocycles. The normalized spacial score (nSPS) is 18.1. The zero-order valence-electron chi connectivity index (χ0n) is 13.2. The molecule has 2 unspecified atom stereocenters. The Labute approximate surface area is 138 Å². The molecule has 122 valence electrons. The second-order valence-electron chi connectivity index (χ2n) is 5.95. The second kappa shape index (κ2) is 8.51. The van der Waals surface area contributed by atoms with Gasteiger partial charge in [0.2, 0.25) is 5.91 Å². The van der Waals surface area contributed by atoms with Gasteiger partial charge in [-0.15, -0.1) is 0 Å². The molecule has 0 saturated carbocycles. The van der Waals surface area contributed by atoms with Gasteiger partial charge in [0.25, 0.3) is 0 Å². The number of carbonyl (C=O) groups is 1. The summed E-state index contributed by atoms with van der Waals surface area (Å²) >= 11 is 6.12. The van der Waals surface area contributed by atoms with Crippen LogP contribution in [0, 0.1) is 0 Å². The quantitative estimate of drug-likeness (QED) is 0.811. The van der Waals surface area contributed by atoms with E-state index in [1.165, 1.54) is 12.8 Å². The van der Waals surface area contributed by atoms with Crippen LogP contribution < -0.4 is 11.1 Å². The zero-order chi connectivity index (χ0) is 15.9. The topological polar surface area (TPSA) is 58.4 Å². The second-order valence-corrected chi connectivity index (χ2v) is 6.39. The lowest BCUT2D eigenvalue weighted by atomic mass is 10.0. The van der Waals surface area contributed by atoms with Gasteiger partial charge < -0.3 is 11.1 Å². The molecule has 0 aromatic heterocycles. The Balaban J connectivity index is 2.04. The van der Waals surface area contributed by atoms with Crippen molar-refractivity contribution in [2.45, 2.75) is 44.7 Å². The molecule has 0 radical (unpaired) electrons. The number of likely N-dealkylation sites (tertiary alicyclic amines) is 1. The molecule has 2 rings (SSSR count). The van der Waals surface area contributed by atoms with Crippen molar-refractivity contribution in [2.75, 3.05) is 19.6 Å². The Morgan fingerprint density at radius 1 is 1.41 bits per heavy atom. The first-order chi connectivity index (χ1) is 10.6. The number of rotatable bonds is 7. The molecule has 0 bridgehead atoms. The molecular formula is C17H26ClN3O. The maximum atomic E-state index is 12.1. The molecule has 5 heteroatoms. The molecule has 1 aliphatic rings. The van der Waals surface area contributed by atoms with E-state index in [4.69, 9.17) is 17.3 Å². The third kappa shape index (κ3) is 4.70. The number of carbonyl (C=O) groups excluding carboxylic acids is 1. The molecule has 4 nitrogen and oxygen atoms in total. The predicted octanol–water partition coefficient (Wildman–Crippen LogP) is 2.72. The highest BCUT2D eigenvalue weighted by Gasteiger charge is 2.24. The number of nitrogens with two attached hydrogens (primary N) is 1. The van der Waals surface area contributed by atoms with Gasteiger partial charge in [0.1, 0.15) is 0 Å². The minimum Gasteiger partial charge on any atom is -0.353 e. The summed E-state index contributed by atoms with van der Waals surface area (Å²) in [6.07, 6.45) is 4.05. The first-order valence-corrected chi connectivity index (χ1v) is 8.52. The summed E-state index contributed by atoms with van der Waals surface area (Å²) in [5.41, 5.74) is 7.04. The molecule has 1 amide bonds. The van der Waals surface area contributed by atoms with Crippen LogP contribution in [-0.4, -0.2) is 36.5 Å². The van der Waals surface area contributed by atoms with E-state index < -0.39 is 6.04 Å². The predicted molar refractivity (Wildman–Crippen MR) is 90.9 cm³/mol. The largest absolute Gasteiger partial charge is 0.353 e. The van der Waals surface area contributed by atoms with Crippen molar-refractivity contribution >= 4 is 17.5 Å². The molecule has 22 heavy (non-hydrogen) atoms. The van der Waals surface area contributed by atoms with Crippen LogP contribution in [0.3, 0.4) is 0 Å². The van der Waals surface area contributed by atoms with Crippen LogP contribution in [0.15, 0.2) is 24.3 Å². The van der Waals surface area contributed by atoms with Crippen molar-refractivity contribution in [3.63, 3.8) is 0 Å². The molecule has 2 atom stereocenters. The fraction of sp³-hybridized carbons (Fsp3) is 0.588. The van der Waals surface area contributed by atoms with Crippen LogP contribution >= 0.6 is 11.6 Å². The molecule has 3 N–H and O–H groups in total. The molecule has 1 fully saturated rings. The highest BCUT2D eigenvalue weighted by atomic mass is 35.5. The van der Waals surface area contributed by atoms with Crippen LogP contribution in [0.5, 0.6) is 0 Å². The Hall–Kier alpha value is -1.10. The average Bonchev–Trinajstić information content (AvgIpc) is 3.01. The number of hydrogen-bond donors (Lipinski definition) is 2. The van der Waals surface area contributed by atoms with E-state index in [0.29, 0.717) is 6.54 Å². The van der Waals surface area contributed by atoms with E-state index in [0.717, 1.165) is 36.5 Å². The van der Waals surface area contributed by atoms with Crippen LogP contribution in [0.2, 0.25) is 5.02 Å². The first kappa shape index (κ1) is 17.3. The Morgan fingerprint density at radius 3 is 2.77 bits per heavy atom. The standard InChI is InChI=1S/C17H26ClN3O/c1-2-6-15(19)17(22)20-12-16(21-9-3-4-10-21)13-7-5-8-14(18)11-13/h5,7-8,11,15-16H,2-4,6,9-10,12,19H2,1H3,(H,20,22).